The molecule has 0 bridgehead atoms. The molecule has 2 nitrogen and oxygen atoms in total. The van der Waals surface area contributed by atoms with Gasteiger partial charge in [0.15, 0.2) is 0 Å². The zero-order valence-electron chi connectivity index (χ0n) is 8.56. The average molecular weight is 191 g/mol. The summed E-state index contributed by atoms with van der Waals surface area (Å²) in [6.45, 7) is 6.89. The van der Waals surface area contributed by atoms with Gasteiger partial charge in [0.1, 0.15) is 0 Å². The van der Waals surface area contributed by atoms with Crippen molar-refractivity contribution in [2.45, 2.75) is 13.0 Å². The molecular formula is C12H17NO. The molecule has 1 aromatic carbocycles. The van der Waals surface area contributed by atoms with E-state index in [0.29, 0.717) is 6.54 Å². The first-order valence-electron chi connectivity index (χ1n) is 4.83. The zero-order chi connectivity index (χ0) is 10.4. The first-order chi connectivity index (χ1) is 6.74. The molecule has 0 saturated carbocycles. The summed E-state index contributed by atoms with van der Waals surface area (Å²) in [6.07, 6.45) is 1.52. The second-order valence-corrected chi connectivity index (χ2v) is 3.38. The highest BCUT2D eigenvalue weighted by molar-refractivity contribution is 5.46. The number of anilines is 1. The van der Waals surface area contributed by atoms with E-state index in [-0.39, 0.29) is 6.10 Å². The molecule has 0 aromatic heterocycles. The lowest BCUT2D eigenvalue weighted by Gasteiger charge is -2.24. The van der Waals surface area contributed by atoms with Gasteiger partial charge in [-0.3, -0.25) is 0 Å². The predicted molar refractivity (Wildman–Crippen MR) is 60.5 cm³/mol. The van der Waals surface area contributed by atoms with Crippen molar-refractivity contribution in [3.63, 3.8) is 0 Å². The van der Waals surface area contributed by atoms with Crippen molar-refractivity contribution in [1.29, 1.82) is 0 Å². The number of rotatable bonds is 5. The van der Waals surface area contributed by atoms with Crippen molar-refractivity contribution >= 4 is 5.69 Å². The van der Waals surface area contributed by atoms with E-state index < -0.39 is 0 Å². The zero-order valence-corrected chi connectivity index (χ0v) is 8.56. The molecule has 0 spiro atoms. The minimum atomic E-state index is -0.324. The molecule has 0 radical (unpaired) electrons. The number of hydrogen-bond acceptors (Lipinski definition) is 2. The van der Waals surface area contributed by atoms with Gasteiger partial charge in [-0.1, -0.05) is 24.3 Å². The second-order valence-electron chi connectivity index (χ2n) is 3.38. The molecule has 0 aliphatic heterocycles. The van der Waals surface area contributed by atoms with Crippen molar-refractivity contribution in [1.82, 2.24) is 0 Å². The van der Waals surface area contributed by atoms with Gasteiger partial charge in [0.05, 0.1) is 6.10 Å². The van der Waals surface area contributed by atoms with Gasteiger partial charge in [0.25, 0.3) is 0 Å². The average Bonchev–Trinajstić information content (AvgIpc) is 2.18. The molecule has 0 aliphatic rings. The number of hydrogen-bond donors (Lipinski definition) is 1. The van der Waals surface area contributed by atoms with Crippen LogP contribution < -0.4 is 4.90 Å². The molecule has 0 fully saturated rings. The summed E-state index contributed by atoms with van der Waals surface area (Å²) in [5.41, 5.74) is 1.12. The summed E-state index contributed by atoms with van der Waals surface area (Å²) in [5, 5.41) is 9.33. The Morgan fingerprint density at radius 3 is 2.57 bits per heavy atom. The lowest BCUT2D eigenvalue weighted by Crippen LogP contribution is -2.30. The van der Waals surface area contributed by atoms with Crippen LogP contribution in [0.4, 0.5) is 5.69 Å². The van der Waals surface area contributed by atoms with E-state index >= 15 is 0 Å². The summed E-state index contributed by atoms with van der Waals surface area (Å²) >= 11 is 0. The highest BCUT2D eigenvalue weighted by atomic mass is 16.3. The molecular weight excluding hydrogens is 174 g/mol. The quantitative estimate of drug-likeness (QED) is 0.720. The van der Waals surface area contributed by atoms with E-state index in [1.165, 1.54) is 0 Å². The Bertz CT molecular complexity index is 269. The highest BCUT2D eigenvalue weighted by Crippen LogP contribution is 2.13. The van der Waals surface area contributed by atoms with Gasteiger partial charge in [-0.25, -0.2) is 0 Å². The minimum Gasteiger partial charge on any atom is -0.392 e. The number of aliphatic hydroxyl groups excluding tert-OH is 1. The van der Waals surface area contributed by atoms with Crippen molar-refractivity contribution in [2.75, 3.05) is 18.0 Å². The molecule has 1 atom stereocenters. The molecule has 1 N–H and O–H groups in total. The van der Waals surface area contributed by atoms with Gasteiger partial charge in [-0.05, 0) is 19.1 Å². The third-order valence-electron chi connectivity index (χ3n) is 1.96. The van der Waals surface area contributed by atoms with E-state index in [0.717, 1.165) is 12.2 Å². The van der Waals surface area contributed by atoms with E-state index in [1.807, 2.05) is 36.4 Å². The minimum absolute atomic E-state index is 0.324. The van der Waals surface area contributed by atoms with Gasteiger partial charge in [0.2, 0.25) is 0 Å². The molecule has 0 saturated heterocycles. The van der Waals surface area contributed by atoms with E-state index in [4.69, 9.17) is 0 Å². The maximum Gasteiger partial charge on any atom is 0.0687 e. The van der Waals surface area contributed by atoms with Gasteiger partial charge in [-0.2, -0.15) is 0 Å². The van der Waals surface area contributed by atoms with Crippen molar-refractivity contribution < 1.29 is 5.11 Å². The van der Waals surface area contributed by atoms with Crippen LogP contribution in [-0.4, -0.2) is 24.3 Å². The van der Waals surface area contributed by atoms with Gasteiger partial charge >= 0.3 is 0 Å². The molecule has 0 amide bonds. The van der Waals surface area contributed by atoms with E-state index in [9.17, 15) is 5.11 Å². The van der Waals surface area contributed by atoms with Crippen LogP contribution in [0.25, 0.3) is 0 Å². The molecule has 14 heavy (non-hydrogen) atoms. The fourth-order valence-corrected chi connectivity index (χ4v) is 1.40. The predicted octanol–water partition coefficient (Wildman–Crippen LogP) is 2.06. The summed E-state index contributed by atoms with van der Waals surface area (Å²) in [6, 6.07) is 10.0. The molecule has 0 heterocycles. The van der Waals surface area contributed by atoms with Crippen LogP contribution in [-0.2, 0) is 0 Å². The Hall–Kier alpha value is -1.28. The molecule has 1 unspecified atom stereocenters. The Morgan fingerprint density at radius 1 is 1.43 bits per heavy atom. The third-order valence-corrected chi connectivity index (χ3v) is 1.96. The van der Waals surface area contributed by atoms with Crippen LogP contribution in [0.15, 0.2) is 43.0 Å². The summed E-state index contributed by atoms with van der Waals surface area (Å²) in [5.74, 6) is 0. The number of nitrogens with zero attached hydrogens (tertiary/aromatic N) is 1. The normalized spacial score (nSPS) is 12.1. The van der Waals surface area contributed by atoms with Crippen LogP contribution >= 0.6 is 0 Å². The summed E-state index contributed by atoms with van der Waals surface area (Å²) in [7, 11) is 0. The van der Waals surface area contributed by atoms with Crippen molar-refractivity contribution in [3.05, 3.63) is 43.0 Å². The lowest BCUT2D eigenvalue weighted by atomic mass is 10.2. The fraction of sp³-hybridized carbons (Fsp3) is 0.333. The largest absolute Gasteiger partial charge is 0.392 e. The van der Waals surface area contributed by atoms with Gasteiger partial charge in [-0.15, -0.1) is 6.58 Å². The first-order valence-corrected chi connectivity index (χ1v) is 4.83. The Labute approximate surface area is 85.5 Å². The maximum absolute atomic E-state index is 9.33. The number of benzene rings is 1. The first kappa shape index (κ1) is 10.8. The SMILES string of the molecule is C=CCN(CC(C)O)c1ccccc1. The lowest BCUT2D eigenvalue weighted by molar-refractivity contribution is 0.201. The fourth-order valence-electron chi connectivity index (χ4n) is 1.40. The van der Waals surface area contributed by atoms with E-state index in [2.05, 4.69) is 11.5 Å². The molecule has 1 aromatic rings. The molecule has 1 rings (SSSR count). The summed E-state index contributed by atoms with van der Waals surface area (Å²) in [4.78, 5) is 2.09. The standard InChI is InChI=1S/C12H17NO/c1-3-9-13(10-11(2)14)12-7-5-4-6-8-12/h3-8,11,14H,1,9-10H2,2H3. The molecule has 2 heteroatoms. The Balaban J connectivity index is 2.72. The number of aliphatic hydroxyl groups is 1. The second kappa shape index (κ2) is 5.45. The Morgan fingerprint density at radius 2 is 2.07 bits per heavy atom. The van der Waals surface area contributed by atoms with Crippen molar-refractivity contribution in [3.8, 4) is 0 Å². The van der Waals surface area contributed by atoms with Crippen LogP contribution in [0.5, 0.6) is 0 Å². The summed E-state index contributed by atoms with van der Waals surface area (Å²) < 4.78 is 0. The van der Waals surface area contributed by atoms with Crippen LogP contribution in [0.1, 0.15) is 6.92 Å². The number of para-hydroxylation sites is 1. The maximum atomic E-state index is 9.33. The van der Waals surface area contributed by atoms with Gasteiger partial charge < -0.3 is 10.0 Å². The van der Waals surface area contributed by atoms with E-state index in [1.54, 1.807) is 6.92 Å². The van der Waals surface area contributed by atoms with Crippen LogP contribution in [0.2, 0.25) is 0 Å². The Kier molecular flexibility index (Phi) is 4.20. The van der Waals surface area contributed by atoms with Crippen LogP contribution in [0, 0.1) is 0 Å². The molecule has 0 aliphatic carbocycles. The smallest absolute Gasteiger partial charge is 0.0687 e. The molecule has 76 valence electrons. The van der Waals surface area contributed by atoms with Crippen LogP contribution in [0.3, 0.4) is 0 Å². The highest BCUT2D eigenvalue weighted by Gasteiger charge is 2.06. The van der Waals surface area contributed by atoms with Gasteiger partial charge in [0, 0.05) is 18.8 Å². The van der Waals surface area contributed by atoms with Crippen molar-refractivity contribution in [2.24, 2.45) is 0 Å². The topological polar surface area (TPSA) is 23.5 Å². The monoisotopic (exact) mass is 191 g/mol. The third kappa shape index (κ3) is 3.23.